The molecular formula is C10H9FN2O4. The van der Waals surface area contributed by atoms with Crippen LogP contribution in [0.25, 0.3) is 0 Å². The lowest BCUT2D eigenvalue weighted by Gasteiger charge is -2.07. The molecule has 17 heavy (non-hydrogen) atoms. The number of carboxylic acids is 1. The molecule has 0 unspecified atom stereocenters. The van der Waals surface area contributed by atoms with Crippen LogP contribution in [0.15, 0.2) is 24.9 Å². The van der Waals surface area contributed by atoms with Gasteiger partial charge in [-0.3, -0.25) is 5.32 Å². The van der Waals surface area contributed by atoms with Crippen molar-refractivity contribution in [2.75, 3.05) is 11.9 Å². The number of hydrogen-bond donors (Lipinski definition) is 2. The zero-order valence-corrected chi connectivity index (χ0v) is 8.64. The van der Waals surface area contributed by atoms with E-state index in [1.54, 1.807) is 0 Å². The number of hydrogen-bond acceptors (Lipinski definition) is 4. The maximum absolute atomic E-state index is 12.8. The van der Waals surface area contributed by atoms with Gasteiger partial charge in [0.2, 0.25) is 5.95 Å². The summed E-state index contributed by atoms with van der Waals surface area (Å²) in [7, 11) is 0. The van der Waals surface area contributed by atoms with Gasteiger partial charge in [-0.1, -0.05) is 12.7 Å². The van der Waals surface area contributed by atoms with Gasteiger partial charge in [-0.25, -0.2) is 14.6 Å². The van der Waals surface area contributed by atoms with Crippen LogP contribution < -0.4 is 5.32 Å². The SMILES string of the molecule is C=CCOC(=O)Nc1cc(F)ncc1C(=O)O. The number of carbonyl (C=O) groups is 2. The molecule has 1 heterocycles. The van der Waals surface area contributed by atoms with E-state index in [1.165, 1.54) is 6.08 Å². The fourth-order valence-electron chi connectivity index (χ4n) is 0.984. The Balaban J connectivity index is 2.88. The number of carboxylic acid groups (broad SMARTS) is 1. The van der Waals surface area contributed by atoms with Crippen LogP contribution in [0.5, 0.6) is 0 Å². The Hall–Kier alpha value is -2.44. The summed E-state index contributed by atoms with van der Waals surface area (Å²) in [5.41, 5.74) is -0.555. The van der Waals surface area contributed by atoms with Crippen molar-refractivity contribution < 1.29 is 23.8 Å². The van der Waals surface area contributed by atoms with Crippen LogP contribution in [0.1, 0.15) is 10.4 Å². The fourth-order valence-corrected chi connectivity index (χ4v) is 0.984. The van der Waals surface area contributed by atoms with Crippen molar-refractivity contribution in [1.29, 1.82) is 0 Å². The second-order valence-electron chi connectivity index (χ2n) is 2.87. The summed E-state index contributed by atoms with van der Waals surface area (Å²) in [5, 5.41) is 10.9. The number of anilines is 1. The lowest BCUT2D eigenvalue weighted by atomic mass is 10.2. The molecule has 1 rings (SSSR count). The van der Waals surface area contributed by atoms with Crippen LogP contribution in [-0.4, -0.2) is 28.8 Å². The van der Waals surface area contributed by atoms with E-state index in [-0.39, 0.29) is 17.9 Å². The van der Waals surface area contributed by atoms with Crippen LogP contribution in [0, 0.1) is 5.95 Å². The summed E-state index contributed by atoms with van der Waals surface area (Å²) >= 11 is 0. The lowest BCUT2D eigenvalue weighted by Crippen LogP contribution is -2.16. The first-order chi connectivity index (χ1) is 8.04. The Morgan fingerprint density at radius 2 is 2.35 bits per heavy atom. The topological polar surface area (TPSA) is 88.5 Å². The number of rotatable bonds is 4. The third kappa shape index (κ3) is 3.56. The number of carbonyl (C=O) groups excluding carboxylic acids is 1. The number of halogens is 1. The van der Waals surface area contributed by atoms with Crippen LogP contribution >= 0.6 is 0 Å². The highest BCUT2D eigenvalue weighted by Gasteiger charge is 2.14. The molecule has 0 bridgehead atoms. The third-order valence-electron chi connectivity index (χ3n) is 1.67. The minimum atomic E-state index is -1.34. The van der Waals surface area contributed by atoms with Crippen molar-refractivity contribution in [3.05, 3.63) is 36.4 Å². The Bertz CT molecular complexity index is 462. The second-order valence-corrected chi connectivity index (χ2v) is 2.87. The van der Waals surface area contributed by atoms with Gasteiger partial charge < -0.3 is 9.84 Å². The molecule has 0 aliphatic heterocycles. The highest BCUT2D eigenvalue weighted by molar-refractivity contribution is 5.98. The Kier molecular flexibility index (Phi) is 4.15. The molecule has 7 heteroatoms. The summed E-state index contributed by atoms with van der Waals surface area (Å²) < 4.78 is 17.4. The van der Waals surface area contributed by atoms with E-state index < -0.39 is 18.0 Å². The minimum absolute atomic E-state index is 0.0399. The molecule has 0 saturated heterocycles. The van der Waals surface area contributed by atoms with Crippen LogP contribution in [0.2, 0.25) is 0 Å². The van der Waals surface area contributed by atoms with E-state index in [9.17, 15) is 14.0 Å². The molecule has 0 atom stereocenters. The lowest BCUT2D eigenvalue weighted by molar-refractivity contribution is 0.0697. The van der Waals surface area contributed by atoms with E-state index in [4.69, 9.17) is 5.11 Å². The van der Waals surface area contributed by atoms with E-state index in [0.717, 1.165) is 12.3 Å². The smallest absolute Gasteiger partial charge is 0.411 e. The van der Waals surface area contributed by atoms with Crippen molar-refractivity contribution in [3.8, 4) is 0 Å². The molecule has 0 spiro atoms. The van der Waals surface area contributed by atoms with E-state index in [1.807, 2.05) is 0 Å². The summed E-state index contributed by atoms with van der Waals surface area (Å²) in [6.45, 7) is 3.29. The van der Waals surface area contributed by atoms with Gasteiger partial charge in [0, 0.05) is 12.3 Å². The van der Waals surface area contributed by atoms with E-state index in [0.29, 0.717) is 0 Å². The van der Waals surface area contributed by atoms with Gasteiger partial charge in [0.05, 0.1) is 5.69 Å². The zero-order valence-electron chi connectivity index (χ0n) is 8.64. The van der Waals surface area contributed by atoms with Crippen molar-refractivity contribution in [2.24, 2.45) is 0 Å². The first-order valence-electron chi connectivity index (χ1n) is 4.48. The number of aromatic nitrogens is 1. The predicted octanol–water partition coefficient (Wildman–Crippen LogP) is 1.65. The Morgan fingerprint density at radius 1 is 1.65 bits per heavy atom. The molecule has 1 amide bonds. The van der Waals surface area contributed by atoms with Crippen molar-refractivity contribution in [3.63, 3.8) is 0 Å². The van der Waals surface area contributed by atoms with Gasteiger partial charge in [-0.15, -0.1) is 0 Å². The van der Waals surface area contributed by atoms with Crippen molar-refractivity contribution >= 4 is 17.7 Å². The Labute approximate surface area is 95.7 Å². The number of nitrogens with one attached hydrogen (secondary N) is 1. The molecule has 2 N–H and O–H groups in total. The maximum atomic E-state index is 12.8. The van der Waals surface area contributed by atoms with E-state index >= 15 is 0 Å². The number of aromatic carboxylic acids is 1. The number of nitrogens with zero attached hydrogens (tertiary/aromatic N) is 1. The maximum Gasteiger partial charge on any atom is 0.411 e. The van der Waals surface area contributed by atoms with Gasteiger partial charge in [0.1, 0.15) is 12.2 Å². The van der Waals surface area contributed by atoms with Crippen molar-refractivity contribution in [1.82, 2.24) is 4.98 Å². The monoisotopic (exact) mass is 240 g/mol. The predicted molar refractivity (Wildman–Crippen MR) is 56.3 cm³/mol. The molecule has 0 saturated carbocycles. The minimum Gasteiger partial charge on any atom is -0.478 e. The average molecular weight is 240 g/mol. The quantitative estimate of drug-likeness (QED) is 0.617. The number of amides is 1. The molecule has 90 valence electrons. The first-order valence-corrected chi connectivity index (χ1v) is 4.48. The van der Waals surface area contributed by atoms with Gasteiger partial charge in [-0.05, 0) is 0 Å². The number of pyridine rings is 1. The molecule has 0 aromatic carbocycles. The molecule has 0 fully saturated rings. The van der Waals surface area contributed by atoms with Crippen LogP contribution in [0.3, 0.4) is 0 Å². The molecule has 1 aromatic rings. The highest BCUT2D eigenvalue weighted by Crippen LogP contribution is 2.15. The largest absolute Gasteiger partial charge is 0.478 e. The van der Waals surface area contributed by atoms with Gasteiger partial charge >= 0.3 is 12.1 Å². The molecule has 0 radical (unpaired) electrons. The van der Waals surface area contributed by atoms with Gasteiger partial charge in [0.25, 0.3) is 0 Å². The summed E-state index contributed by atoms with van der Waals surface area (Å²) in [4.78, 5) is 25.1. The van der Waals surface area contributed by atoms with Gasteiger partial charge in [0.15, 0.2) is 0 Å². The molecule has 0 aliphatic carbocycles. The molecule has 6 nitrogen and oxygen atoms in total. The normalized spacial score (nSPS) is 9.47. The summed E-state index contributed by atoms with van der Waals surface area (Å²) in [6.07, 6.45) is 1.24. The molecule has 0 aliphatic rings. The van der Waals surface area contributed by atoms with E-state index in [2.05, 4.69) is 21.6 Å². The fraction of sp³-hybridized carbons (Fsp3) is 0.100. The highest BCUT2D eigenvalue weighted by atomic mass is 19.1. The summed E-state index contributed by atoms with van der Waals surface area (Å²) in [5.74, 6) is -2.24. The zero-order chi connectivity index (χ0) is 12.8. The number of ether oxygens (including phenoxy) is 1. The average Bonchev–Trinajstić information content (AvgIpc) is 2.26. The standard InChI is InChI=1S/C10H9FN2O4/c1-2-3-17-10(16)13-7-4-8(11)12-5-6(7)9(14)15/h2,4-5H,1,3H2,(H,14,15)(H,12,13,16). The third-order valence-corrected chi connectivity index (χ3v) is 1.67. The second kappa shape index (κ2) is 5.59. The summed E-state index contributed by atoms with van der Waals surface area (Å²) in [6, 6.07) is 0.790. The van der Waals surface area contributed by atoms with Crippen LogP contribution in [-0.2, 0) is 4.74 Å². The molecule has 1 aromatic heterocycles. The van der Waals surface area contributed by atoms with Gasteiger partial charge in [-0.2, -0.15) is 4.39 Å². The van der Waals surface area contributed by atoms with Crippen molar-refractivity contribution in [2.45, 2.75) is 0 Å². The first kappa shape index (κ1) is 12.6. The van der Waals surface area contributed by atoms with Crippen LogP contribution in [0.4, 0.5) is 14.9 Å². The molecular weight excluding hydrogens is 231 g/mol. The Morgan fingerprint density at radius 3 is 2.94 bits per heavy atom.